The lowest BCUT2D eigenvalue weighted by atomic mass is 10.1. The molecule has 0 N–H and O–H groups in total. The highest BCUT2D eigenvalue weighted by molar-refractivity contribution is 8.07. The SMILES string of the molecule is CCC1SCCSC1C(=O)CCC1CC1. The number of Topliss-reactive ketones (excluding diaryl/α,β-unsaturated/α-hetero) is 1. The maximum Gasteiger partial charge on any atom is 0.146 e. The Morgan fingerprint density at radius 1 is 1.27 bits per heavy atom. The molecule has 1 aliphatic heterocycles. The third-order valence-electron chi connectivity index (χ3n) is 3.27. The number of carbonyl (C=O) groups is 1. The quantitative estimate of drug-likeness (QED) is 0.738. The Labute approximate surface area is 101 Å². The van der Waals surface area contributed by atoms with E-state index < -0.39 is 0 Å². The van der Waals surface area contributed by atoms with Crippen LogP contribution in [-0.4, -0.2) is 27.8 Å². The Morgan fingerprint density at radius 2 is 2.00 bits per heavy atom. The summed E-state index contributed by atoms with van der Waals surface area (Å²) in [5.74, 6) is 3.83. The van der Waals surface area contributed by atoms with Crippen LogP contribution in [0.4, 0.5) is 0 Å². The van der Waals surface area contributed by atoms with Crippen molar-refractivity contribution in [3.63, 3.8) is 0 Å². The summed E-state index contributed by atoms with van der Waals surface area (Å²) < 4.78 is 0. The van der Waals surface area contributed by atoms with Crippen LogP contribution in [0.2, 0.25) is 0 Å². The van der Waals surface area contributed by atoms with Gasteiger partial charge in [-0.05, 0) is 18.8 Å². The Kier molecular flexibility index (Phi) is 4.44. The van der Waals surface area contributed by atoms with Crippen molar-refractivity contribution < 1.29 is 4.79 Å². The molecule has 0 amide bonds. The molecule has 1 heterocycles. The Bertz CT molecular complexity index is 226. The van der Waals surface area contributed by atoms with E-state index in [0.29, 0.717) is 16.3 Å². The van der Waals surface area contributed by atoms with E-state index in [-0.39, 0.29) is 0 Å². The van der Waals surface area contributed by atoms with Gasteiger partial charge in [-0.1, -0.05) is 19.8 Å². The highest BCUT2D eigenvalue weighted by Gasteiger charge is 2.31. The van der Waals surface area contributed by atoms with Crippen LogP contribution in [0.15, 0.2) is 0 Å². The highest BCUT2D eigenvalue weighted by atomic mass is 32.2. The largest absolute Gasteiger partial charge is 0.298 e. The number of thioether (sulfide) groups is 2. The summed E-state index contributed by atoms with van der Waals surface area (Å²) in [5.41, 5.74) is 0. The second-order valence-electron chi connectivity index (χ2n) is 4.56. The van der Waals surface area contributed by atoms with Gasteiger partial charge < -0.3 is 0 Å². The van der Waals surface area contributed by atoms with Crippen LogP contribution in [-0.2, 0) is 4.79 Å². The van der Waals surface area contributed by atoms with Crippen molar-refractivity contribution in [3.8, 4) is 0 Å². The smallest absolute Gasteiger partial charge is 0.146 e. The average molecular weight is 244 g/mol. The van der Waals surface area contributed by atoms with Crippen molar-refractivity contribution in [1.29, 1.82) is 0 Å². The molecule has 1 saturated heterocycles. The Balaban J connectivity index is 1.79. The fourth-order valence-electron chi connectivity index (χ4n) is 2.10. The first kappa shape index (κ1) is 11.8. The Hall–Kier alpha value is 0.370. The molecule has 0 aromatic carbocycles. The normalized spacial score (nSPS) is 31.5. The number of rotatable bonds is 5. The topological polar surface area (TPSA) is 17.1 Å². The van der Waals surface area contributed by atoms with Crippen molar-refractivity contribution >= 4 is 29.3 Å². The average Bonchev–Trinajstić information content (AvgIpc) is 3.09. The number of hydrogen-bond donors (Lipinski definition) is 0. The molecular weight excluding hydrogens is 224 g/mol. The van der Waals surface area contributed by atoms with Crippen LogP contribution in [0.1, 0.15) is 39.0 Å². The third kappa shape index (κ3) is 3.42. The van der Waals surface area contributed by atoms with Crippen LogP contribution in [0.3, 0.4) is 0 Å². The first-order chi connectivity index (χ1) is 7.31. The third-order valence-corrected chi connectivity index (χ3v) is 6.56. The Morgan fingerprint density at radius 3 is 2.67 bits per heavy atom. The molecule has 2 rings (SSSR count). The molecule has 0 bridgehead atoms. The highest BCUT2D eigenvalue weighted by Crippen LogP contribution is 2.37. The van der Waals surface area contributed by atoms with Crippen molar-refractivity contribution in [3.05, 3.63) is 0 Å². The molecule has 0 spiro atoms. The second-order valence-corrected chi connectivity index (χ2v) is 7.15. The van der Waals surface area contributed by atoms with E-state index in [9.17, 15) is 4.79 Å². The molecule has 2 unspecified atom stereocenters. The maximum atomic E-state index is 12.1. The summed E-state index contributed by atoms with van der Waals surface area (Å²) in [7, 11) is 0. The van der Waals surface area contributed by atoms with Gasteiger partial charge >= 0.3 is 0 Å². The zero-order valence-electron chi connectivity index (χ0n) is 9.41. The van der Waals surface area contributed by atoms with Gasteiger partial charge in [0.15, 0.2) is 0 Å². The summed E-state index contributed by atoms with van der Waals surface area (Å²) in [6, 6.07) is 0. The molecule has 0 aromatic heterocycles. The van der Waals surface area contributed by atoms with Gasteiger partial charge in [-0.15, -0.1) is 11.8 Å². The van der Waals surface area contributed by atoms with E-state index in [1.807, 2.05) is 23.5 Å². The fraction of sp³-hybridized carbons (Fsp3) is 0.917. The molecule has 2 fully saturated rings. The zero-order chi connectivity index (χ0) is 10.7. The minimum absolute atomic E-state index is 0.312. The number of carbonyl (C=O) groups excluding carboxylic acids is 1. The van der Waals surface area contributed by atoms with Crippen LogP contribution >= 0.6 is 23.5 Å². The van der Waals surface area contributed by atoms with Crippen LogP contribution in [0.5, 0.6) is 0 Å². The molecule has 2 aliphatic rings. The molecule has 2 atom stereocenters. The number of hydrogen-bond acceptors (Lipinski definition) is 3. The van der Waals surface area contributed by atoms with E-state index in [4.69, 9.17) is 0 Å². The summed E-state index contributed by atoms with van der Waals surface area (Å²) >= 11 is 3.91. The summed E-state index contributed by atoms with van der Waals surface area (Å²) in [6.07, 6.45) is 5.90. The van der Waals surface area contributed by atoms with E-state index in [2.05, 4.69) is 6.92 Å². The van der Waals surface area contributed by atoms with E-state index in [1.54, 1.807) is 0 Å². The van der Waals surface area contributed by atoms with Crippen molar-refractivity contribution in [2.45, 2.75) is 49.5 Å². The first-order valence-corrected chi connectivity index (χ1v) is 8.17. The van der Waals surface area contributed by atoms with Gasteiger partial charge in [0.1, 0.15) is 5.78 Å². The van der Waals surface area contributed by atoms with Crippen LogP contribution in [0, 0.1) is 5.92 Å². The minimum Gasteiger partial charge on any atom is -0.298 e. The van der Waals surface area contributed by atoms with Crippen molar-refractivity contribution in [2.75, 3.05) is 11.5 Å². The van der Waals surface area contributed by atoms with Crippen molar-refractivity contribution in [2.24, 2.45) is 5.92 Å². The monoisotopic (exact) mass is 244 g/mol. The lowest BCUT2D eigenvalue weighted by Gasteiger charge is -2.28. The maximum absolute atomic E-state index is 12.1. The summed E-state index contributed by atoms with van der Waals surface area (Å²) in [4.78, 5) is 12.1. The molecular formula is C12H20OS2. The van der Waals surface area contributed by atoms with E-state index in [1.165, 1.54) is 24.3 Å². The molecule has 86 valence electrons. The summed E-state index contributed by atoms with van der Waals surface area (Å²) in [5, 5.41) is 0.906. The van der Waals surface area contributed by atoms with E-state index in [0.717, 1.165) is 25.2 Å². The lowest BCUT2D eigenvalue weighted by Crippen LogP contribution is -2.32. The second kappa shape index (κ2) is 5.62. The van der Waals surface area contributed by atoms with Gasteiger partial charge in [0.05, 0.1) is 5.25 Å². The lowest BCUT2D eigenvalue weighted by molar-refractivity contribution is -0.118. The molecule has 3 heteroatoms. The molecule has 1 aliphatic carbocycles. The first-order valence-electron chi connectivity index (χ1n) is 6.07. The zero-order valence-corrected chi connectivity index (χ0v) is 11.0. The number of ketones is 1. The van der Waals surface area contributed by atoms with Gasteiger partial charge in [-0.3, -0.25) is 4.79 Å². The molecule has 15 heavy (non-hydrogen) atoms. The van der Waals surface area contributed by atoms with Gasteiger partial charge in [0.25, 0.3) is 0 Å². The standard InChI is InChI=1S/C12H20OS2/c1-2-11-12(15-8-7-14-11)10(13)6-5-9-3-4-9/h9,11-12H,2-8H2,1H3. The van der Waals surface area contributed by atoms with Crippen LogP contribution < -0.4 is 0 Å². The minimum atomic E-state index is 0.312. The van der Waals surface area contributed by atoms with Gasteiger partial charge in [-0.2, -0.15) is 11.8 Å². The molecule has 0 radical (unpaired) electrons. The molecule has 1 saturated carbocycles. The van der Waals surface area contributed by atoms with Gasteiger partial charge in [-0.25, -0.2) is 0 Å². The van der Waals surface area contributed by atoms with Crippen LogP contribution in [0.25, 0.3) is 0 Å². The van der Waals surface area contributed by atoms with Crippen molar-refractivity contribution in [1.82, 2.24) is 0 Å². The predicted molar refractivity (Wildman–Crippen MR) is 69.7 cm³/mol. The summed E-state index contributed by atoms with van der Waals surface area (Å²) in [6.45, 7) is 2.21. The molecule has 1 nitrogen and oxygen atoms in total. The fourth-order valence-corrected chi connectivity index (χ4v) is 5.17. The van der Waals surface area contributed by atoms with Gasteiger partial charge in [0.2, 0.25) is 0 Å². The van der Waals surface area contributed by atoms with E-state index >= 15 is 0 Å². The molecule has 0 aromatic rings. The predicted octanol–water partition coefficient (Wildman–Crippen LogP) is 3.37. The van der Waals surface area contributed by atoms with Gasteiger partial charge in [0, 0.05) is 23.2 Å².